The number of hydrogen-bond donors (Lipinski definition) is 8. The number of aliphatic carboxylic acids is 1. The summed E-state index contributed by atoms with van der Waals surface area (Å²) in [7, 11) is 0. The molecule has 0 aliphatic rings. The summed E-state index contributed by atoms with van der Waals surface area (Å²) in [5.74, 6) is -3.41. The summed E-state index contributed by atoms with van der Waals surface area (Å²) >= 11 is 0. The number of phenolic OH excluding ortho intramolecular Hbond substituents is 2. The normalized spacial score (nSPS) is 14.0. The van der Waals surface area contributed by atoms with E-state index in [1.54, 1.807) is 38.1 Å². The van der Waals surface area contributed by atoms with E-state index >= 15 is 0 Å². The molecular weight excluding hydrogens is 530 g/mol. The van der Waals surface area contributed by atoms with Gasteiger partial charge in [0.05, 0.1) is 6.04 Å². The quantitative estimate of drug-likeness (QED) is 0.132. The van der Waals surface area contributed by atoms with Crippen LogP contribution in [-0.2, 0) is 32.0 Å². The fourth-order valence-corrected chi connectivity index (χ4v) is 4.13. The molecule has 0 aliphatic carbocycles. The summed E-state index contributed by atoms with van der Waals surface area (Å²) in [6.07, 6.45) is 1.50. The lowest BCUT2D eigenvalue weighted by atomic mass is 9.99. The molecule has 12 heteroatoms. The lowest BCUT2D eigenvalue weighted by Gasteiger charge is -2.27. The Balaban J connectivity index is 2.19. The molecule has 4 unspecified atom stereocenters. The van der Waals surface area contributed by atoms with Gasteiger partial charge in [0.2, 0.25) is 17.7 Å². The molecule has 0 radical (unpaired) electrons. The highest BCUT2D eigenvalue weighted by molar-refractivity contribution is 5.94. The van der Waals surface area contributed by atoms with Crippen LogP contribution in [0.2, 0.25) is 0 Å². The Labute approximate surface area is 239 Å². The van der Waals surface area contributed by atoms with Crippen LogP contribution in [0.25, 0.3) is 0 Å². The number of unbranched alkanes of at least 4 members (excludes halogenated alkanes) is 1. The Bertz CT molecular complexity index is 1160. The summed E-state index contributed by atoms with van der Waals surface area (Å²) < 4.78 is 0. The van der Waals surface area contributed by atoms with Crippen LogP contribution in [-0.4, -0.2) is 69.7 Å². The van der Waals surface area contributed by atoms with Gasteiger partial charge in [0.1, 0.15) is 29.6 Å². The van der Waals surface area contributed by atoms with Gasteiger partial charge in [-0.1, -0.05) is 38.1 Å². The Morgan fingerprint density at radius 2 is 1.24 bits per heavy atom. The third-order valence-electron chi connectivity index (χ3n) is 6.55. The fourth-order valence-electron chi connectivity index (χ4n) is 4.13. The van der Waals surface area contributed by atoms with Crippen molar-refractivity contribution in [2.24, 2.45) is 17.4 Å². The highest BCUT2D eigenvalue weighted by Gasteiger charge is 2.32. The molecule has 2 rings (SSSR count). The molecule has 2 aromatic carbocycles. The first-order valence-electron chi connectivity index (χ1n) is 13.6. The lowest BCUT2D eigenvalue weighted by Crippen LogP contribution is -2.59. The minimum absolute atomic E-state index is 0.0331. The van der Waals surface area contributed by atoms with Crippen LogP contribution >= 0.6 is 0 Å². The molecule has 2 aromatic rings. The number of amides is 3. The number of rotatable bonds is 16. The summed E-state index contributed by atoms with van der Waals surface area (Å²) in [5, 5.41) is 36.5. The first kappa shape index (κ1) is 33.0. The SMILES string of the molecule is CC(C)C(NC(=O)C(Cc1ccc(O)cc1)NC(=O)C(N)Cc1ccc(O)cc1)C(=O)NC(CCCCN)C(=O)O. The van der Waals surface area contributed by atoms with Gasteiger partial charge in [0, 0.05) is 6.42 Å². The minimum Gasteiger partial charge on any atom is -0.508 e. The van der Waals surface area contributed by atoms with Crippen molar-refractivity contribution < 1.29 is 34.5 Å². The monoisotopic (exact) mass is 571 g/mol. The smallest absolute Gasteiger partial charge is 0.326 e. The van der Waals surface area contributed by atoms with Crippen LogP contribution in [0.4, 0.5) is 0 Å². The number of nitrogens with one attached hydrogen (secondary N) is 3. The van der Waals surface area contributed by atoms with Gasteiger partial charge in [-0.3, -0.25) is 14.4 Å². The average Bonchev–Trinajstić information content (AvgIpc) is 2.92. The Morgan fingerprint density at radius 1 is 0.732 bits per heavy atom. The summed E-state index contributed by atoms with van der Waals surface area (Å²) in [6.45, 7) is 3.81. The van der Waals surface area contributed by atoms with Gasteiger partial charge < -0.3 is 42.7 Å². The number of hydrogen-bond acceptors (Lipinski definition) is 8. The predicted octanol–water partition coefficient (Wildman–Crippen LogP) is 0.534. The molecule has 10 N–H and O–H groups in total. The molecule has 0 aliphatic heterocycles. The molecule has 0 fully saturated rings. The second-order valence-electron chi connectivity index (χ2n) is 10.3. The topological polar surface area (TPSA) is 217 Å². The second kappa shape index (κ2) is 16.2. The number of carboxylic acids is 1. The van der Waals surface area contributed by atoms with E-state index < -0.39 is 53.8 Å². The number of carboxylic acid groups (broad SMARTS) is 1. The first-order chi connectivity index (χ1) is 19.4. The van der Waals surface area contributed by atoms with Crippen molar-refractivity contribution in [3.05, 3.63) is 59.7 Å². The summed E-state index contributed by atoms with van der Waals surface area (Å²) in [4.78, 5) is 51.2. The van der Waals surface area contributed by atoms with Crippen LogP contribution in [0, 0.1) is 5.92 Å². The van der Waals surface area contributed by atoms with E-state index in [4.69, 9.17) is 11.5 Å². The highest BCUT2D eigenvalue weighted by Crippen LogP contribution is 2.14. The standard InChI is InChI=1S/C29H41N5O7/c1-17(2)25(28(39)32-23(29(40)41)5-3-4-14-30)34-27(38)24(16-19-8-12-21(36)13-9-19)33-26(37)22(31)15-18-6-10-20(35)11-7-18/h6-13,17,22-25,35-36H,3-5,14-16,30-31H2,1-2H3,(H,32,39)(H,33,37)(H,34,38)(H,40,41). The van der Waals surface area contributed by atoms with Crippen molar-refractivity contribution in [2.75, 3.05) is 6.54 Å². The largest absolute Gasteiger partial charge is 0.508 e. The highest BCUT2D eigenvalue weighted by atomic mass is 16.4. The average molecular weight is 572 g/mol. The second-order valence-corrected chi connectivity index (χ2v) is 10.3. The zero-order valence-corrected chi connectivity index (χ0v) is 23.4. The summed E-state index contributed by atoms with van der Waals surface area (Å²) in [6, 6.07) is 7.96. The van der Waals surface area contributed by atoms with Gasteiger partial charge in [0.25, 0.3) is 0 Å². The Hall–Kier alpha value is -4.16. The molecule has 41 heavy (non-hydrogen) atoms. The van der Waals surface area contributed by atoms with Gasteiger partial charge in [-0.2, -0.15) is 0 Å². The van der Waals surface area contributed by atoms with Crippen LogP contribution in [0.15, 0.2) is 48.5 Å². The van der Waals surface area contributed by atoms with Gasteiger partial charge in [-0.15, -0.1) is 0 Å². The van der Waals surface area contributed by atoms with Gasteiger partial charge in [-0.05, 0) is 73.5 Å². The molecule has 12 nitrogen and oxygen atoms in total. The van der Waals surface area contributed by atoms with E-state index in [1.165, 1.54) is 24.3 Å². The van der Waals surface area contributed by atoms with Gasteiger partial charge in [0.15, 0.2) is 0 Å². The third kappa shape index (κ3) is 11.1. The van der Waals surface area contributed by atoms with E-state index in [1.807, 2.05) is 0 Å². The number of aromatic hydroxyl groups is 2. The minimum atomic E-state index is -1.19. The van der Waals surface area contributed by atoms with E-state index in [2.05, 4.69) is 16.0 Å². The molecule has 0 spiro atoms. The summed E-state index contributed by atoms with van der Waals surface area (Å²) in [5.41, 5.74) is 12.9. The number of carbonyl (C=O) groups is 4. The molecule has 4 atom stereocenters. The molecule has 3 amide bonds. The number of phenols is 2. The van der Waals surface area contributed by atoms with Crippen molar-refractivity contribution in [2.45, 2.75) is 70.1 Å². The third-order valence-corrected chi connectivity index (χ3v) is 6.55. The van der Waals surface area contributed by atoms with E-state index in [-0.39, 0.29) is 30.8 Å². The van der Waals surface area contributed by atoms with Crippen molar-refractivity contribution in [1.29, 1.82) is 0 Å². The Morgan fingerprint density at radius 3 is 1.73 bits per heavy atom. The van der Waals surface area contributed by atoms with Gasteiger partial charge >= 0.3 is 5.97 Å². The van der Waals surface area contributed by atoms with E-state index in [9.17, 15) is 34.5 Å². The van der Waals surface area contributed by atoms with Crippen molar-refractivity contribution in [1.82, 2.24) is 16.0 Å². The molecule has 224 valence electrons. The zero-order chi connectivity index (χ0) is 30.5. The number of carbonyl (C=O) groups excluding carboxylic acids is 3. The molecule has 0 saturated heterocycles. The van der Waals surface area contributed by atoms with Crippen LogP contribution in [0.3, 0.4) is 0 Å². The maximum atomic E-state index is 13.5. The molecule has 0 bridgehead atoms. The molecule has 0 aromatic heterocycles. The number of benzene rings is 2. The van der Waals surface area contributed by atoms with Crippen LogP contribution in [0.1, 0.15) is 44.2 Å². The first-order valence-corrected chi connectivity index (χ1v) is 13.6. The van der Waals surface area contributed by atoms with Crippen LogP contribution in [0.5, 0.6) is 11.5 Å². The maximum Gasteiger partial charge on any atom is 0.326 e. The van der Waals surface area contributed by atoms with E-state index in [0.29, 0.717) is 30.5 Å². The van der Waals surface area contributed by atoms with Crippen molar-refractivity contribution in [3.8, 4) is 11.5 Å². The van der Waals surface area contributed by atoms with Crippen molar-refractivity contribution in [3.63, 3.8) is 0 Å². The number of nitrogens with two attached hydrogens (primary N) is 2. The molecular formula is C29H41N5O7. The van der Waals surface area contributed by atoms with Crippen LogP contribution < -0.4 is 27.4 Å². The zero-order valence-electron chi connectivity index (χ0n) is 23.4. The predicted molar refractivity (Wildman–Crippen MR) is 153 cm³/mol. The fraction of sp³-hybridized carbons (Fsp3) is 0.448. The van der Waals surface area contributed by atoms with Gasteiger partial charge in [-0.25, -0.2) is 4.79 Å². The molecule has 0 saturated carbocycles. The maximum absolute atomic E-state index is 13.5. The molecule has 0 heterocycles. The van der Waals surface area contributed by atoms with E-state index in [0.717, 1.165) is 0 Å². The Kier molecular flexibility index (Phi) is 13.0. The van der Waals surface area contributed by atoms with Crippen molar-refractivity contribution >= 4 is 23.7 Å². The lowest BCUT2D eigenvalue weighted by molar-refractivity contribution is -0.142.